The predicted molar refractivity (Wildman–Crippen MR) is 128 cm³/mol. The minimum atomic E-state index is -1.10. The second-order valence-corrected chi connectivity index (χ2v) is 8.23. The van der Waals surface area contributed by atoms with Gasteiger partial charge in [-0.2, -0.15) is 0 Å². The predicted octanol–water partition coefficient (Wildman–Crippen LogP) is 5.27. The van der Waals surface area contributed by atoms with Crippen LogP contribution in [0.25, 0.3) is 16.8 Å². The molecule has 160 valence electrons. The summed E-state index contributed by atoms with van der Waals surface area (Å²) in [5, 5.41) is 12.6. The Hall–Kier alpha value is -3.22. The number of anilines is 1. The summed E-state index contributed by atoms with van der Waals surface area (Å²) in [7, 11) is 1.92. The molecule has 31 heavy (non-hydrogen) atoms. The van der Waals surface area contributed by atoms with Crippen LogP contribution >= 0.6 is 11.6 Å². The second kappa shape index (κ2) is 9.29. The van der Waals surface area contributed by atoms with Gasteiger partial charge in [0.25, 0.3) is 0 Å². The molecule has 0 saturated heterocycles. The molecule has 0 atom stereocenters. The fourth-order valence-electron chi connectivity index (χ4n) is 3.05. The number of para-hydroxylation sites is 1. The van der Waals surface area contributed by atoms with Gasteiger partial charge >= 0.3 is 0 Å². The summed E-state index contributed by atoms with van der Waals surface area (Å²) in [4.78, 5) is 12.8. The van der Waals surface area contributed by atoms with Crippen molar-refractivity contribution in [3.63, 3.8) is 0 Å². The molecule has 3 rings (SSSR count). The quantitative estimate of drug-likeness (QED) is 0.390. The molecule has 0 aliphatic rings. The molecule has 6 nitrogen and oxygen atoms in total. The molecule has 0 unspecified atom stereocenters. The molecular formula is C24H26ClN5O. The zero-order chi connectivity index (χ0) is 22.6. The van der Waals surface area contributed by atoms with Crippen molar-refractivity contribution in [3.05, 3.63) is 77.3 Å². The van der Waals surface area contributed by atoms with Crippen molar-refractivity contribution < 1.29 is 5.11 Å². The van der Waals surface area contributed by atoms with Crippen LogP contribution < -0.4 is 10.4 Å². The molecule has 2 aromatic carbocycles. The standard InChI is InChI=1S/C24H26ClN5O/c1-16(25)22(29-30(5)19-9-7-6-8-10-19)20-13-17(11-12-21(20)26-4)18-14-27-23(28-15-18)24(2,3)31/h6-15,29,31H,4H2,1-3,5H3/b22-16-. The van der Waals surface area contributed by atoms with Crippen molar-refractivity contribution in [2.75, 3.05) is 12.1 Å². The van der Waals surface area contributed by atoms with Crippen LogP contribution in [-0.2, 0) is 5.60 Å². The van der Waals surface area contributed by atoms with Gasteiger partial charge in [0, 0.05) is 35.6 Å². The van der Waals surface area contributed by atoms with Gasteiger partial charge in [-0.3, -0.25) is 15.4 Å². The lowest BCUT2D eigenvalue weighted by Crippen LogP contribution is -2.33. The summed E-state index contributed by atoms with van der Waals surface area (Å²) in [6, 6.07) is 15.7. The zero-order valence-electron chi connectivity index (χ0n) is 18.1. The van der Waals surface area contributed by atoms with Gasteiger partial charge in [-0.15, -0.1) is 0 Å². The summed E-state index contributed by atoms with van der Waals surface area (Å²) < 4.78 is 0. The fourth-order valence-corrected chi connectivity index (χ4v) is 3.20. The molecule has 0 fully saturated rings. The maximum atomic E-state index is 10.1. The van der Waals surface area contributed by atoms with Crippen molar-refractivity contribution in [2.45, 2.75) is 26.4 Å². The Balaban J connectivity index is 2.00. The number of hydrazine groups is 1. The van der Waals surface area contributed by atoms with Crippen LogP contribution in [0.3, 0.4) is 0 Å². The molecule has 3 aromatic rings. The first kappa shape index (κ1) is 22.5. The number of aliphatic hydroxyl groups is 1. The average molecular weight is 436 g/mol. The summed E-state index contributed by atoms with van der Waals surface area (Å²) in [5.74, 6) is 0.365. The van der Waals surface area contributed by atoms with Gasteiger partial charge in [0.05, 0.1) is 17.1 Å². The largest absolute Gasteiger partial charge is 0.382 e. The maximum Gasteiger partial charge on any atom is 0.159 e. The lowest BCUT2D eigenvalue weighted by Gasteiger charge is -2.25. The van der Waals surface area contributed by atoms with E-state index < -0.39 is 5.60 Å². The summed E-state index contributed by atoms with van der Waals surface area (Å²) in [5.41, 5.74) is 7.16. The van der Waals surface area contributed by atoms with Crippen molar-refractivity contribution in [3.8, 4) is 11.1 Å². The fraction of sp³-hybridized carbons (Fsp3) is 0.208. The highest BCUT2D eigenvalue weighted by atomic mass is 35.5. The van der Waals surface area contributed by atoms with E-state index in [4.69, 9.17) is 11.6 Å². The summed E-state index contributed by atoms with van der Waals surface area (Å²) in [6.45, 7) is 8.83. The van der Waals surface area contributed by atoms with Gasteiger partial charge < -0.3 is 5.11 Å². The number of nitrogens with zero attached hydrogens (tertiary/aromatic N) is 4. The SMILES string of the molecule is C=Nc1ccc(-c2cnc(C(C)(C)O)nc2)cc1/C(NN(C)c1ccccc1)=C(\C)Cl. The van der Waals surface area contributed by atoms with Gasteiger partial charge in [-0.1, -0.05) is 35.9 Å². The van der Waals surface area contributed by atoms with Gasteiger partial charge in [0.1, 0.15) is 5.60 Å². The molecule has 0 aliphatic heterocycles. The maximum absolute atomic E-state index is 10.1. The van der Waals surface area contributed by atoms with E-state index in [2.05, 4.69) is 27.1 Å². The van der Waals surface area contributed by atoms with E-state index in [-0.39, 0.29) is 0 Å². The molecular weight excluding hydrogens is 410 g/mol. The first-order valence-corrected chi connectivity index (χ1v) is 10.2. The van der Waals surface area contributed by atoms with E-state index >= 15 is 0 Å². The monoisotopic (exact) mass is 435 g/mol. The molecule has 7 heteroatoms. The van der Waals surface area contributed by atoms with E-state index in [1.807, 2.05) is 67.5 Å². The Morgan fingerprint density at radius 2 is 1.74 bits per heavy atom. The van der Waals surface area contributed by atoms with Gasteiger partial charge in [-0.25, -0.2) is 9.97 Å². The number of benzene rings is 2. The highest BCUT2D eigenvalue weighted by Gasteiger charge is 2.20. The Labute approximate surface area is 187 Å². The number of aromatic nitrogens is 2. The molecule has 0 radical (unpaired) electrons. The Morgan fingerprint density at radius 1 is 1.10 bits per heavy atom. The van der Waals surface area contributed by atoms with Crippen LogP contribution in [0.4, 0.5) is 11.4 Å². The number of aliphatic imine (C=N–C) groups is 1. The normalized spacial score (nSPS) is 12.2. The van der Waals surface area contributed by atoms with Crippen LogP contribution in [0.15, 0.2) is 70.9 Å². The van der Waals surface area contributed by atoms with E-state index in [9.17, 15) is 5.11 Å². The van der Waals surface area contributed by atoms with Gasteiger partial charge in [0.2, 0.25) is 0 Å². The Morgan fingerprint density at radius 3 is 2.29 bits per heavy atom. The Bertz CT molecular complexity index is 1090. The van der Waals surface area contributed by atoms with Crippen LogP contribution in [0.2, 0.25) is 0 Å². The molecule has 0 spiro atoms. The first-order valence-electron chi connectivity index (χ1n) is 9.79. The molecule has 1 heterocycles. The van der Waals surface area contributed by atoms with E-state index in [1.165, 1.54) is 0 Å². The molecule has 0 amide bonds. The highest BCUT2D eigenvalue weighted by Crippen LogP contribution is 2.33. The molecule has 0 bridgehead atoms. The third kappa shape index (κ3) is 5.29. The lowest BCUT2D eigenvalue weighted by atomic mass is 10.0. The van der Waals surface area contributed by atoms with Gasteiger partial charge in [0.15, 0.2) is 5.82 Å². The van der Waals surface area contributed by atoms with Crippen molar-refractivity contribution in [1.29, 1.82) is 0 Å². The number of halogens is 1. The van der Waals surface area contributed by atoms with E-state index in [0.29, 0.717) is 22.2 Å². The summed E-state index contributed by atoms with van der Waals surface area (Å²) in [6.07, 6.45) is 3.39. The lowest BCUT2D eigenvalue weighted by molar-refractivity contribution is 0.0687. The minimum absolute atomic E-state index is 0.365. The van der Waals surface area contributed by atoms with Crippen LogP contribution in [-0.4, -0.2) is 28.8 Å². The zero-order valence-corrected chi connectivity index (χ0v) is 18.9. The smallest absolute Gasteiger partial charge is 0.159 e. The number of hydrogen-bond acceptors (Lipinski definition) is 6. The topological polar surface area (TPSA) is 73.6 Å². The summed E-state index contributed by atoms with van der Waals surface area (Å²) >= 11 is 6.48. The van der Waals surface area contributed by atoms with E-state index in [0.717, 1.165) is 22.4 Å². The average Bonchev–Trinajstić information content (AvgIpc) is 2.76. The number of rotatable bonds is 7. The van der Waals surface area contributed by atoms with Crippen molar-refractivity contribution in [1.82, 2.24) is 15.4 Å². The number of allylic oxidation sites excluding steroid dienone is 1. The second-order valence-electron chi connectivity index (χ2n) is 7.66. The molecule has 1 aromatic heterocycles. The third-order valence-corrected chi connectivity index (χ3v) is 4.93. The van der Waals surface area contributed by atoms with Crippen LogP contribution in [0.5, 0.6) is 0 Å². The van der Waals surface area contributed by atoms with E-state index in [1.54, 1.807) is 26.2 Å². The third-order valence-electron chi connectivity index (χ3n) is 4.74. The van der Waals surface area contributed by atoms with Crippen molar-refractivity contribution >= 4 is 35.4 Å². The Kier molecular flexibility index (Phi) is 6.73. The molecule has 0 aliphatic carbocycles. The minimum Gasteiger partial charge on any atom is -0.382 e. The number of nitrogens with one attached hydrogen (secondary N) is 1. The molecule has 0 saturated carbocycles. The molecule has 2 N–H and O–H groups in total. The van der Waals surface area contributed by atoms with Crippen LogP contribution in [0, 0.1) is 0 Å². The highest BCUT2D eigenvalue weighted by molar-refractivity contribution is 6.32. The van der Waals surface area contributed by atoms with Crippen LogP contribution in [0.1, 0.15) is 32.2 Å². The van der Waals surface area contributed by atoms with Crippen molar-refractivity contribution in [2.24, 2.45) is 4.99 Å². The van der Waals surface area contributed by atoms with Gasteiger partial charge in [-0.05, 0) is 57.3 Å². The number of hydrogen-bond donors (Lipinski definition) is 2. The first-order chi connectivity index (χ1) is 14.7.